The molecule has 1 aliphatic heterocycles. The van der Waals surface area contributed by atoms with Gasteiger partial charge < -0.3 is 4.90 Å². The Kier molecular flexibility index (Phi) is 4.12. The van der Waals surface area contributed by atoms with Gasteiger partial charge in [-0.15, -0.1) is 5.10 Å². The van der Waals surface area contributed by atoms with Crippen LogP contribution in [0.1, 0.15) is 12.8 Å². The first-order chi connectivity index (χ1) is 10.2. The van der Waals surface area contributed by atoms with E-state index in [1.807, 2.05) is 18.2 Å². The molecule has 21 heavy (non-hydrogen) atoms. The van der Waals surface area contributed by atoms with Crippen LogP contribution < -0.4 is 4.90 Å². The van der Waals surface area contributed by atoms with Gasteiger partial charge in [0.1, 0.15) is 0 Å². The van der Waals surface area contributed by atoms with Gasteiger partial charge in [-0.25, -0.2) is 4.68 Å². The van der Waals surface area contributed by atoms with Gasteiger partial charge in [0.2, 0.25) is 11.1 Å². The molecule has 1 aliphatic rings. The number of hydrogen-bond acceptors (Lipinski definition) is 5. The molecule has 8 heteroatoms. The fraction of sp³-hybridized carbons (Fsp3) is 0.385. The van der Waals surface area contributed by atoms with Crippen LogP contribution in [0.25, 0.3) is 0 Å². The van der Waals surface area contributed by atoms with Gasteiger partial charge in [-0.2, -0.15) is 0 Å². The van der Waals surface area contributed by atoms with Crippen LogP contribution in [0.15, 0.2) is 29.4 Å². The molecule has 1 atom stereocenters. The van der Waals surface area contributed by atoms with Crippen LogP contribution in [-0.4, -0.2) is 37.9 Å². The van der Waals surface area contributed by atoms with Crippen molar-refractivity contribution in [3.8, 4) is 0 Å². The Morgan fingerprint density at radius 1 is 1.38 bits per heavy atom. The number of carbonyl (C=O) groups is 1. The van der Waals surface area contributed by atoms with Crippen LogP contribution in [0.2, 0.25) is 5.02 Å². The van der Waals surface area contributed by atoms with Crippen molar-refractivity contribution in [1.29, 1.82) is 0 Å². The highest BCUT2D eigenvalue weighted by atomic mass is 35.5. The minimum Gasteiger partial charge on any atom is -0.310 e. The normalized spacial score (nSPS) is 19.0. The van der Waals surface area contributed by atoms with Crippen LogP contribution in [0.3, 0.4) is 0 Å². The fourth-order valence-corrected chi connectivity index (χ4v) is 3.59. The molecule has 2 aromatic rings. The third kappa shape index (κ3) is 2.89. The smallest absolute Gasteiger partial charge is 0.240 e. The predicted octanol–water partition coefficient (Wildman–Crippen LogP) is 2.15. The summed E-state index contributed by atoms with van der Waals surface area (Å²) in [4.78, 5) is 14.4. The lowest BCUT2D eigenvalue weighted by Gasteiger charge is -2.32. The summed E-state index contributed by atoms with van der Waals surface area (Å²) in [7, 11) is 1.77. The van der Waals surface area contributed by atoms with E-state index in [0.717, 1.165) is 18.5 Å². The molecule has 0 bridgehead atoms. The van der Waals surface area contributed by atoms with Gasteiger partial charge in [-0.3, -0.25) is 4.79 Å². The molecule has 1 aromatic heterocycles. The number of benzene rings is 1. The second-order valence-corrected chi connectivity index (χ2v) is 6.35. The van der Waals surface area contributed by atoms with Crippen molar-refractivity contribution in [3.63, 3.8) is 0 Å². The molecular weight excluding hydrogens is 310 g/mol. The summed E-state index contributed by atoms with van der Waals surface area (Å²) in [6.07, 6.45) is 1.75. The van der Waals surface area contributed by atoms with E-state index in [1.165, 1.54) is 11.8 Å². The van der Waals surface area contributed by atoms with Crippen molar-refractivity contribution in [3.05, 3.63) is 29.3 Å². The number of aromatic nitrogens is 4. The number of amides is 1. The summed E-state index contributed by atoms with van der Waals surface area (Å²) in [6, 6.07) is 7.42. The number of anilines is 1. The lowest BCUT2D eigenvalue weighted by molar-refractivity contribution is -0.119. The molecule has 0 unspecified atom stereocenters. The topological polar surface area (TPSA) is 63.9 Å². The van der Waals surface area contributed by atoms with E-state index in [2.05, 4.69) is 15.5 Å². The maximum atomic E-state index is 12.7. The van der Waals surface area contributed by atoms with Crippen molar-refractivity contribution in [2.75, 3.05) is 11.4 Å². The molecule has 1 fully saturated rings. The van der Waals surface area contributed by atoms with Crippen LogP contribution in [0, 0.1) is 0 Å². The van der Waals surface area contributed by atoms with Gasteiger partial charge in [0, 0.05) is 13.6 Å². The van der Waals surface area contributed by atoms with Gasteiger partial charge in [0.15, 0.2) is 0 Å². The van der Waals surface area contributed by atoms with Gasteiger partial charge in [0.25, 0.3) is 0 Å². The third-order valence-electron chi connectivity index (χ3n) is 3.36. The van der Waals surface area contributed by atoms with Gasteiger partial charge >= 0.3 is 0 Å². The van der Waals surface area contributed by atoms with Crippen LogP contribution in [0.4, 0.5) is 5.69 Å². The molecule has 6 nitrogen and oxygen atoms in total. The molecule has 0 saturated carbocycles. The van der Waals surface area contributed by atoms with Gasteiger partial charge in [-0.05, 0) is 35.4 Å². The maximum absolute atomic E-state index is 12.7. The second kappa shape index (κ2) is 6.03. The summed E-state index contributed by atoms with van der Waals surface area (Å²) < 4.78 is 1.58. The SMILES string of the molecule is Cn1nnnc1S[C@@H]1CCCN(c2ccccc2Cl)C1=O. The zero-order chi connectivity index (χ0) is 14.8. The Hall–Kier alpha value is -1.60. The lowest BCUT2D eigenvalue weighted by Crippen LogP contribution is -2.43. The zero-order valence-electron chi connectivity index (χ0n) is 11.4. The summed E-state index contributed by atoms with van der Waals surface area (Å²) in [5, 5.41) is 12.4. The summed E-state index contributed by atoms with van der Waals surface area (Å²) >= 11 is 7.60. The standard InChI is InChI=1S/C13H14ClN5OS/c1-18-13(15-16-17-18)21-11-7-4-8-19(12(11)20)10-6-3-2-5-9(10)14/h2-3,5-6,11H,4,7-8H2,1H3/t11-/m1/s1. The monoisotopic (exact) mass is 323 g/mol. The second-order valence-electron chi connectivity index (χ2n) is 4.78. The van der Waals surface area contributed by atoms with E-state index >= 15 is 0 Å². The molecule has 0 spiro atoms. The Morgan fingerprint density at radius 2 is 2.19 bits per heavy atom. The van der Waals surface area contributed by atoms with Gasteiger partial charge in [-0.1, -0.05) is 35.5 Å². The molecule has 3 rings (SSSR count). The van der Waals surface area contributed by atoms with Crippen molar-refractivity contribution in [2.45, 2.75) is 23.2 Å². The average Bonchev–Trinajstić information content (AvgIpc) is 2.88. The fourth-order valence-electron chi connectivity index (χ4n) is 2.31. The van der Waals surface area contributed by atoms with E-state index < -0.39 is 0 Å². The number of nitrogens with zero attached hydrogens (tertiary/aromatic N) is 5. The highest BCUT2D eigenvalue weighted by Gasteiger charge is 2.32. The molecular formula is C13H14ClN5OS. The van der Waals surface area contributed by atoms with E-state index in [1.54, 1.807) is 22.7 Å². The Bertz CT molecular complexity index is 662. The lowest BCUT2D eigenvalue weighted by atomic mass is 10.1. The van der Waals surface area contributed by atoms with Crippen LogP contribution >= 0.6 is 23.4 Å². The quantitative estimate of drug-likeness (QED) is 0.866. The first-order valence-electron chi connectivity index (χ1n) is 6.62. The molecule has 110 valence electrons. The number of halogens is 1. The molecule has 0 N–H and O–H groups in total. The summed E-state index contributed by atoms with van der Waals surface area (Å²) in [6.45, 7) is 0.691. The molecule has 1 amide bonds. The van der Waals surface area contributed by atoms with Crippen molar-refractivity contribution >= 4 is 35.0 Å². The number of carbonyl (C=O) groups excluding carboxylic acids is 1. The molecule has 0 aliphatic carbocycles. The largest absolute Gasteiger partial charge is 0.310 e. The average molecular weight is 324 g/mol. The van der Waals surface area contributed by atoms with E-state index in [0.29, 0.717) is 16.7 Å². The number of hydrogen-bond donors (Lipinski definition) is 0. The third-order valence-corrected chi connectivity index (χ3v) is 4.96. The summed E-state index contributed by atoms with van der Waals surface area (Å²) in [5.41, 5.74) is 0.769. The molecule has 1 aromatic carbocycles. The predicted molar refractivity (Wildman–Crippen MR) is 81.5 cm³/mol. The number of para-hydroxylation sites is 1. The zero-order valence-corrected chi connectivity index (χ0v) is 13.0. The number of rotatable bonds is 3. The molecule has 0 radical (unpaired) electrons. The highest BCUT2D eigenvalue weighted by Crippen LogP contribution is 2.33. The molecule has 2 heterocycles. The van der Waals surface area contributed by atoms with Gasteiger partial charge in [0.05, 0.1) is 16.0 Å². The number of piperidine rings is 1. The first-order valence-corrected chi connectivity index (χ1v) is 7.87. The van der Waals surface area contributed by atoms with E-state index in [9.17, 15) is 4.79 Å². The minimum absolute atomic E-state index is 0.0577. The highest BCUT2D eigenvalue weighted by molar-refractivity contribution is 8.00. The number of thioether (sulfide) groups is 1. The van der Waals surface area contributed by atoms with Crippen LogP contribution in [0.5, 0.6) is 0 Å². The molecule has 1 saturated heterocycles. The van der Waals surface area contributed by atoms with Crippen molar-refractivity contribution < 1.29 is 4.79 Å². The van der Waals surface area contributed by atoms with Crippen molar-refractivity contribution in [1.82, 2.24) is 20.2 Å². The van der Waals surface area contributed by atoms with E-state index in [-0.39, 0.29) is 11.2 Å². The van der Waals surface area contributed by atoms with Crippen LogP contribution in [-0.2, 0) is 11.8 Å². The Morgan fingerprint density at radius 3 is 2.90 bits per heavy atom. The Balaban J connectivity index is 1.81. The maximum Gasteiger partial charge on any atom is 0.240 e. The van der Waals surface area contributed by atoms with Crippen molar-refractivity contribution in [2.24, 2.45) is 7.05 Å². The first kappa shape index (κ1) is 14.3. The Labute approximate surface area is 131 Å². The number of aryl methyl sites for hydroxylation is 1. The summed E-state index contributed by atoms with van der Waals surface area (Å²) in [5.74, 6) is 0.0577. The number of tetrazole rings is 1. The minimum atomic E-state index is -0.181. The van der Waals surface area contributed by atoms with E-state index in [4.69, 9.17) is 11.6 Å².